The lowest BCUT2D eigenvalue weighted by Crippen LogP contribution is -2.14. The van der Waals surface area contributed by atoms with E-state index in [1.807, 2.05) is 0 Å². The van der Waals surface area contributed by atoms with E-state index in [2.05, 4.69) is 5.32 Å². The summed E-state index contributed by atoms with van der Waals surface area (Å²) in [6, 6.07) is 7.28. The third-order valence-corrected chi connectivity index (χ3v) is 3.04. The number of carboxylic acid groups (broad SMARTS) is 1. The zero-order chi connectivity index (χ0) is 15.6. The Bertz CT molecular complexity index is 734. The molecular formula is C14H10ClFN2O3. The summed E-state index contributed by atoms with van der Waals surface area (Å²) in [5.74, 6) is -2.25. The van der Waals surface area contributed by atoms with Crippen molar-refractivity contribution in [1.82, 2.24) is 0 Å². The number of halogens is 2. The van der Waals surface area contributed by atoms with Gasteiger partial charge in [0.1, 0.15) is 5.82 Å². The van der Waals surface area contributed by atoms with Gasteiger partial charge in [0.15, 0.2) is 0 Å². The van der Waals surface area contributed by atoms with Crippen molar-refractivity contribution in [3.63, 3.8) is 0 Å². The molecule has 0 aliphatic carbocycles. The van der Waals surface area contributed by atoms with E-state index in [4.69, 9.17) is 22.4 Å². The zero-order valence-electron chi connectivity index (χ0n) is 10.6. The molecule has 0 saturated heterocycles. The van der Waals surface area contributed by atoms with Crippen LogP contribution in [0.4, 0.5) is 15.8 Å². The SMILES string of the molecule is Nc1cc(C(=O)O)ccc1NC(=O)c1ccc(F)cc1Cl. The van der Waals surface area contributed by atoms with Gasteiger partial charge in [0.05, 0.1) is 27.5 Å². The van der Waals surface area contributed by atoms with Gasteiger partial charge >= 0.3 is 5.97 Å². The number of hydrogen-bond donors (Lipinski definition) is 3. The molecule has 0 aromatic heterocycles. The van der Waals surface area contributed by atoms with Crippen LogP contribution in [0.5, 0.6) is 0 Å². The van der Waals surface area contributed by atoms with Crippen LogP contribution in [0.1, 0.15) is 20.7 Å². The van der Waals surface area contributed by atoms with Crippen LogP contribution in [0.2, 0.25) is 5.02 Å². The van der Waals surface area contributed by atoms with Crippen LogP contribution in [0.3, 0.4) is 0 Å². The van der Waals surface area contributed by atoms with Gasteiger partial charge in [-0.05, 0) is 36.4 Å². The summed E-state index contributed by atoms with van der Waals surface area (Å²) in [7, 11) is 0. The molecule has 2 rings (SSSR count). The van der Waals surface area contributed by atoms with E-state index < -0.39 is 17.7 Å². The molecular weight excluding hydrogens is 299 g/mol. The molecule has 0 bridgehead atoms. The number of carbonyl (C=O) groups is 2. The summed E-state index contributed by atoms with van der Waals surface area (Å²) in [5, 5.41) is 11.3. The Morgan fingerprint density at radius 2 is 1.90 bits per heavy atom. The lowest BCUT2D eigenvalue weighted by Gasteiger charge is -2.10. The molecule has 1 amide bonds. The number of nitrogens with two attached hydrogens (primary N) is 1. The van der Waals surface area contributed by atoms with Gasteiger partial charge in [0.2, 0.25) is 0 Å². The first-order valence-electron chi connectivity index (χ1n) is 5.77. The average Bonchev–Trinajstić information content (AvgIpc) is 2.40. The zero-order valence-corrected chi connectivity index (χ0v) is 11.3. The third kappa shape index (κ3) is 3.29. The fourth-order valence-corrected chi connectivity index (χ4v) is 1.93. The van der Waals surface area contributed by atoms with Crippen LogP contribution in [-0.2, 0) is 0 Å². The highest BCUT2D eigenvalue weighted by atomic mass is 35.5. The minimum absolute atomic E-state index is 0.00492. The Morgan fingerprint density at radius 3 is 2.48 bits per heavy atom. The van der Waals surface area contributed by atoms with Gasteiger partial charge in [0.25, 0.3) is 5.91 Å². The number of aromatic carboxylic acids is 1. The number of nitrogen functional groups attached to an aromatic ring is 1. The molecule has 2 aromatic carbocycles. The van der Waals surface area contributed by atoms with Crippen molar-refractivity contribution < 1.29 is 19.1 Å². The Balaban J connectivity index is 2.25. The molecule has 0 radical (unpaired) electrons. The maximum atomic E-state index is 12.9. The number of anilines is 2. The number of hydrogen-bond acceptors (Lipinski definition) is 3. The molecule has 108 valence electrons. The highest BCUT2D eigenvalue weighted by Gasteiger charge is 2.13. The normalized spacial score (nSPS) is 10.2. The van der Waals surface area contributed by atoms with Crippen molar-refractivity contribution >= 4 is 34.9 Å². The molecule has 0 atom stereocenters. The third-order valence-electron chi connectivity index (χ3n) is 2.72. The van der Waals surface area contributed by atoms with Crippen LogP contribution in [-0.4, -0.2) is 17.0 Å². The summed E-state index contributed by atoms with van der Waals surface area (Å²) in [6.07, 6.45) is 0. The van der Waals surface area contributed by atoms with Crippen molar-refractivity contribution in [2.24, 2.45) is 0 Å². The summed E-state index contributed by atoms with van der Waals surface area (Å²) >= 11 is 5.79. The first kappa shape index (κ1) is 14.8. The quantitative estimate of drug-likeness (QED) is 0.760. The molecule has 0 fully saturated rings. The molecule has 4 N–H and O–H groups in total. The van der Waals surface area contributed by atoms with Crippen LogP contribution in [0.25, 0.3) is 0 Å². The number of carbonyl (C=O) groups excluding carboxylic acids is 1. The van der Waals surface area contributed by atoms with E-state index in [0.29, 0.717) is 0 Å². The minimum Gasteiger partial charge on any atom is -0.478 e. The largest absolute Gasteiger partial charge is 0.478 e. The molecule has 21 heavy (non-hydrogen) atoms. The van der Waals surface area contributed by atoms with Crippen LogP contribution < -0.4 is 11.1 Å². The first-order valence-corrected chi connectivity index (χ1v) is 6.15. The van der Waals surface area contributed by atoms with Gasteiger partial charge in [-0.15, -0.1) is 0 Å². The highest BCUT2D eigenvalue weighted by molar-refractivity contribution is 6.34. The smallest absolute Gasteiger partial charge is 0.335 e. The molecule has 7 heteroatoms. The molecule has 0 aliphatic heterocycles. The predicted octanol–water partition coefficient (Wildman–Crippen LogP) is 3.01. The number of carboxylic acids is 1. The van der Waals surface area contributed by atoms with E-state index in [1.165, 1.54) is 24.3 Å². The lowest BCUT2D eigenvalue weighted by atomic mass is 10.1. The summed E-state index contributed by atoms with van der Waals surface area (Å²) in [4.78, 5) is 22.8. The molecule has 5 nitrogen and oxygen atoms in total. The van der Waals surface area contributed by atoms with Crippen molar-refractivity contribution in [1.29, 1.82) is 0 Å². The van der Waals surface area contributed by atoms with Crippen molar-refractivity contribution in [3.05, 3.63) is 58.4 Å². The average molecular weight is 309 g/mol. The number of amides is 1. The van der Waals surface area contributed by atoms with E-state index >= 15 is 0 Å². The van der Waals surface area contributed by atoms with E-state index in [0.717, 1.165) is 12.1 Å². The van der Waals surface area contributed by atoms with Crippen molar-refractivity contribution in [3.8, 4) is 0 Å². The van der Waals surface area contributed by atoms with Gasteiger partial charge in [0, 0.05) is 0 Å². The molecule has 0 heterocycles. The van der Waals surface area contributed by atoms with Crippen molar-refractivity contribution in [2.45, 2.75) is 0 Å². The molecule has 0 unspecified atom stereocenters. The number of benzene rings is 2. The second-order valence-corrected chi connectivity index (χ2v) is 4.59. The molecule has 0 saturated carbocycles. The molecule has 2 aromatic rings. The fourth-order valence-electron chi connectivity index (χ4n) is 1.67. The predicted molar refractivity (Wildman–Crippen MR) is 77.2 cm³/mol. The van der Waals surface area contributed by atoms with E-state index in [-0.39, 0.29) is 27.5 Å². The van der Waals surface area contributed by atoms with Gasteiger partial charge in [-0.1, -0.05) is 11.6 Å². The topological polar surface area (TPSA) is 92.4 Å². The Kier molecular flexibility index (Phi) is 4.09. The second-order valence-electron chi connectivity index (χ2n) is 4.19. The first-order chi connectivity index (χ1) is 9.88. The molecule has 0 aliphatic rings. The second kappa shape index (κ2) is 5.80. The number of rotatable bonds is 3. The minimum atomic E-state index is -1.12. The van der Waals surface area contributed by atoms with Crippen LogP contribution in [0, 0.1) is 5.82 Å². The Hall–Kier alpha value is -2.60. The monoisotopic (exact) mass is 308 g/mol. The summed E-state index contributed by atoms with van der Waals surface area (Å²) < 4.78 is 12.9. The van der Waals surface area contributed by atoms with Gasteiger partial charge in [-0.2, -0.15) is 0 Å². The number of nitrogens with one attached hydrogen (secondary N) is 1. The lowest BCUT2D eigenvalue weighted by molar-refractivity contribution is 0.0697. The van der Waals surface area contributed by atoms with Crippen molar-refractivity contribution in [2.75, 3.05) is 11.1 Å². The van der Waals surface area contributed by atoms with Gasteiger partial charge < -0.3 is 16.2 Å². The van der Waals surface area contributed by atoms with Crippen LogP contribution in [0.15, 0.2) is 36.4 Å². The fraction of sp³-hybridized carbons (Fsp3) is 0. The summed E-state index contributed by atoms with van der Waals surface area (Å²) in [6.45, 7) is 0. The van der Waals surface area contributed by atoms with E-state index in [1.54, 1.807) is 0 Å². The molecule has 0 spiro atoms. The maximum Gasteiger partial charge on any atom is 0.335 e. The van der Waals surface area contributed by atoms with E-state index in [9.17, 15) is 14.0 Å². The Morgan fingerprint density at radius 1 is 1.19 bits per heavy atom. The van der Waals surface area contributed by atoms with Gasteiger partial charge in [-0.25, -0.2) is 9.18 Å². The highest BCUT2D eigenvalue weighted by Crippen LogP contribution is 2.23. The summed E-state index contributed by atoms with van der Waals surface area (Å²) in [5.41, 5.74) is 6.10. The standard InChI is InChI=1S/C14H10ClFN2O3/c15-10-6-8(16)2-3-9(10)13(19)18-12-4-1-7(14(20)21)5-11(12)17/h1-6H,17H2,(H,18,19)(H,20,21). The van der Waals surface area contributed by atoms with Gasteiger partial charge in [-0.3, -0.25) is 4.79 Å². The van der Waals surface area contributed by atoms with Crippen LogP contribution >= 0.6 is 11.6 Å². The Labute approximate surface area is 124 Å². The maximum absolute atomic E-state index is 12.9.